The molecule has 0 aromatic heterocycles. The smallest absolute Gasteiger partial charge is 0.264 e. The second kappa shape index (κ2) is 13.7. The van der Waals surface area contributed by atoms with Crippen molar-refractivity contribution in [3.8, 4) is 11.5 Å². The van der Waals surface area contributed by atoms with E-state index in [9.17, 15) is 18.0 Å². The van der Waals surface area contributed by atoms with Crippen LogP contribution in [0.2, 0.25) is 5.02 Å². The van der Waals surface area contributed by atoms with Crippen LogP contribution < -0.4 is 19.1 Å². The Hall–Kier alpha value is -3.76. The molecule has 0 fully saturated rings. The number of carbonyl (C=O) groups is 2. The minimum Gasteiger partial charge on any atom is -0.497 e. The zero-order valence-electron chi connectivity index (χ0n) is 24.0. The van der Waals surface area contributed by atoms with Crippen molar-refractivity contribution >= 4 is 39.1 Å². The molecule has 1 atom stereocenters. The lowest BCUT2D eigenvalue weighted by molar-refractivity contribution is -0.139. The molecule has 0 saturated carbocycles. The molecule has 0 spiro atoms. The zero-order valence-corrected chi connectivity index (χ0v) is 25.6. The normalized spacial score (nSPS) is 12.0. The molecule has 9 nitrogen and oxygen atoms in total. The number of ether oxygens (including phenoxy) is 2. The number of anilines is 1. The van der Waals surface area contributed by atoms with E-state index in [4.69, 9.17) is 21.1 Å². The third-order valence-electron chi connectivity index (χ3n) is 6.41. The van der Waals surface area contributed by atoms with Crippen LogP contribution in [-0.2, 0) is 26.2 Å². The zero-order chi connectivity index (χ0) is 30.3. The number of benzene rings is 3. The highest BCUT2D eigenvalue weighted by atomic mass is 35.5. The monoisotopic (exact) mass is 601 g/mol. The van der Waals surface area contributed by atoms with Gasteiger partial charge in [0.2, 0.25) is 11.8 Å². The number of halogens is 1. The first kappa shape index (κ1) is 31.8. The highest BCUT2D eigenvalue weighted by Crippen LogP contribution is 2.36. The second-order valence-electron chi connectivity index (χ2n) is 9.85. The number of aryl methyl sites for hydroxylation is 1. The summed E-state index contributed by atoms with van der Waals surface area (Å²) in [6, 6.07) is 16.8. The van der Waals surface area contributed by atoms with Crippen molar-refractivity contribution in [1.82, 2.24) is 10.2 Å². The first-order chi connectivity index (χ1) is 19.4. The Balaban J connectivity index is 2.12. The Morgan fingerprint density at radius 2 is 1.56 bits per heavy atom. The predicted molar refractivity (Wildman–Crippen MR) is 160 cm³/mol. The number of amides is 2. The maximum Gasteiger partial charge on any atom is 0.264 e. The fraction of sp³-hybridized carbons (Fsp3) is 0.333. The third kappa shape index (κ3) is 7.92. The number of rotatable bonds is 12. The summed E-state index contributed by atoms with van der Waals surface area (Å²) in [6.07, 6.45) is 0. The topological polar surface area (TPSA) is 105 Å². The van der Waals surface area contributed by atoms with Gasteiger partial charge in [0, 0.05) is 23.7 Å². The summed E-state index contributed by atoms with van der Waals surface area (Å²) in [5.74, 6) is -0.356. The van der Waals surface area contributed by atoms with Crippen molar-refractivity contribution < 1.29 is 27.5 Å². The van der Waals surface area contributed by atoms with Crippen molar-refractivity contribution in [2.75, 3.05) is 25.1 Å². The fourth-order valence-electron chi connectivity index (χ4n) is 4.12. The molecule has 11 heteroatoms. The molecule has 1 unspecified atom stereocenters. The third-order valence-corrected chi connectivity index (χ3v) is 8.43. The number of carbonyl (C=O) groups excluding carboxylic acids is 2. The molecule has 0 radical (unpaired) electrons. The lowest BCUT2D eigenvalue weighted by Gasteiger charge is -2.32. The van der Waals surface area contributed by atoms with E-state index in [-0.39, 0.29) is 34.8 Å². The molecule has 0 aliphatic rings. The van der Waals surface area contributed by atoms with E-state index >= 15 is 0 Å². The van der Waals surface area contributed by atoms with Gasteiger partial charge in [-0.3, -0.25) is 13.9 Å². The van der Waals surface area contributed by atoms with Crippen LogP contribution in [0.3, 0.4) is 0 Å². The predicted octanol–water partition coefficient (Wildman–Crippen LogP) is 4.80. The van der Waals surface area contributed by atoms with Gasteiger partial charge in [-0.1, -0.05) is 41.4 Å². The van der Waals surface area contributed by atoms with Gasteiger partial charge in [0.1, 0.15) is 24.1 Å². The fourth-order valence-corrected chi connectivity index (χ4v) is 5.66. The maximum absolute atomic E-state index is 14.1. The van der Waals surface area contributed by atoms with E-state index in [1.165, 1.54) is 37.3 Å². The quantitative estimate of drug-likeness (QED) is 0.320. The van der Waals surface area contributed by atoms with Gasteiger partial charge in [-0.25, -0.2) is 8.42 Å². The van der Waals surface area contributed by atoms with E-state index in [0.29, 0.717) is 10.8 Å². The van der Waals surface area contributed by atoms with Crippen LogP contribution in [0, 0.1) is 6.92 Å². The molecule has 3 aromatic carbocycles. The lowest BCUT2D eigenvalue weighted by atomic mass is 10.1. The van der Waals surface area contributed by atoms with E-state index in [1.807, 2.05) is 20.8 Å². The van der Waals surface area contributed by atoms with Crippen LogP contribution in [0.25, 0.3) is 0 Å². The largest absolute Gasteiger partial charge is 0.497 e. The summed E-state index contributed by atoms with van der Waals surface area (Å²) in [4.78, 5) is 28.4. The van der Waals surface area contributed by atoms with Crippen LogP contribution in [0.5, 0.6) is 11.5 Å². The molecule has 0 aliphatic carbocycles. The van der Waals surface area contributed by atoms with Gasteiger partial charge in [0.05, 0.1) is 24.8 Å². The Bertz CT molecular complexity index is 1460. The summed E-state index contributed by atoms with van der Waals surface area (Å²) >= 11 is 6.05. The molecular formula is C30H36ClN3O6S. The van der Waals surface area contributed by atoms with Crippen molar-refractivity contribution in [3.63, 3.8) is 0 Å². The molecule has 3 aromatic rings. The summed E-state index contributed by atoms with van der Waals surface area (Å²) in [7, 11) is -1.40. The maximum atomic E-state index is 14.1. The van der Waals surface area contributed by atoms with Crippen molar-refractivity contribution in [2.45, 2.75) is 51.2 Å². The Labute approximate surface area is 247 Å². The van der Waals surface area contributed by atoms with Gasteiger partial charge >= 0.3 is 0 Å². The number of nitrogens with one attached hydrogen (secondary N) is 1. The van der Waals surface area contributed by atoms with E-state index in [0.717, 1.165) is 15.4 Å². The summed E-state index contributed by atoms with van der Waals surface area (Å²) in [6.45, 7) is 6.54. The average Bonchev–Trinajstić information content (AvgIpc) is 2.94. The molecule has 0 bridgehead atoms. The van der Waals surface area contributed by atoms with Crippen molar-refractivity contribution in [2.24, 2.45) is 0 Å². The summed E-state index contributed by atoms with van der Waals surface area (Å²) in [5.41, 5.74) is 1.72. The van der Waals surface area contributed by atoms with E-state index < -0.39 is 28.5 Å². The first-order valence-corrected chi connectivity index (χ1v) is 14.8. The minimum atomic E-state index is -4.27. The van der Waals surface area contributed by atoms with Crippen LogP contribution in [0.15, 0.2) is 71.6 Å². The van der Waals surface area contributed by atoms with Crippen LogP contribution in [-0.4, -0.2) is 58.0 Å². The highest BCUT2D eigenvalue weighted by molar-refractivity contribution is 7.92. The number of hydrogen-bond donors (Lipinski definition) is 1. The minimum absolute atomic E-state index is 0.00405. The van der Waals surface area contributed by atoms with Gasteiger partial charge in [-0.15, -0.1) is 0 Å². The number of sulfonamides is 1. The van der Waals surface area contributed by atoms with Crippen molar-refractivity contribution in [1.29, 1.82) is 0 Å². The first-order valence-electron chi connectivity index (χ1n) is 13.0. The Kier molecular flexibility index (Phi) is 10.6. The van der Waals surface area contributed by atoms with Gasteiger partial charge in [0.25, 0.3) is 10.0 Å². The molecule has 0 aliphatic heterocycles. The Morgan fingerprint density at radius 1 is 0.927 bits per heavy atom. The standard InChI is InChI=1S/C30H36ClN3O6S/c1-20(2)32-30(36)22(4)33(18-23-9-11-24(31)12-10-23)29(35)19-34(27-17-25(39-5)13-16-28(27)40-6)41(37,38)26-14-7-21(3)8-15-26/h7-17,20,22H,18-19H2,1-6H3,(H,32,36). The van der Waals surface area contributed by atoms with Crippen molar-refractivity contribution in [3.05, 3.63) is 82.9 Å². The summed E-state index contributed by atoms with van der Waals surface area (Å²) < 4.78 is 40.0. The number of hydrogen-bond acceptors (Lipinski definition) is 6. The molecule has 1 N–H and O–H groups in total. The van der Waals surface area contributed by atoms with Gasteiger partial charge < -0.3 is 19.7 Å². The Morgan fingerprint density at radius 3 is 2.12 bits per heavy atom. The molecule has 220 valence electrons. The lowest BCUT2D eigenvalue weighted by Crippen LogP contribution is -2.52. The van der Waals surface area contributed by atoms with Gasteiger partial charge in [-0.2, -0.15) is 0 Å². The van der Waals surface area contributed by atoms with Gasteiger partial charge in [-0.05, 0) is 69.7 Å². The second-order valence-corrected chi connectivity index (χ2v) is 12.1. The van der Waals surface area contributed by atoms with Gasteiger partial charge in [0.15, 0.2) is 0 Å². The highest BCUT2D eigenvalue weighted by Gasteiger charge is 2.34. The molecular weight excluding hydrogens is 566 g/mol. The van der Waals surface area contributed by atoms with Crippen LogP contribution in [0.1, 0.15) is 31.9 Å². The molecule has 2 amide bonds. The van der Waals surface area contributed by atoms with Crippen LogP contribution >= 0.6 is 11.6 Å². The van der Waals surface area contributed by atoms with E-state index in [1.54, 1.807) is 55.5 Å². The number of nitrogens with zero attached hydrogens (tertiary/aromatic N) is 2. The van der Waals surface area contributed by atoms with Crippen LogP contribution in [0.4, 0.5) is 5.69 Å². The molecule has 41 heavy (non-hydrogen) atoms. The molecule has 0 saturated heterocycles. The average molecular weight is 602 g/mol. The van der Waals surface area contributed by atoms with E-state index in [2.05, 4.69) is 5.32 Å². The molecule has 3 rings (SSSR count). The summed E-state index contributed by atoms with van der Waals surface area (Å²) in [5, 5.41) is 3.36. The SMILES string of the molecule is COc1ccc(OC)c(N(CC(=O)N(Cc2ccc(Cl)cc2)C(C)C(=O)NC(C)C)S(=O)(=O)c2ccc(C)cc2)c1. The molecule has 0 heterocycles. The number of methoxy groups -OCH3 is 2.